The number of piperidine rings is 1. The lowest BCUT2D eigenvalue weighted by Crippen LogP contribution is -2.57. The Balaban J connectivity index is 1.38. The Hall–Kier alpha value is -0.420. The van der Waals surface area contributed by atoms with Gasteiger partial charge < -0.3 is 9.47 Å². The van der Waals surface area contributed by atoms with Crippen LogP contribution < -0.4 is 0 Å². The van der Waals surface area contributed by atoms with Gasteiger partial charge in [-0.1, -0.05) is 0 Å². The molecule has 0 spiro atoms. The van der Waals surface area contributed by atoms with Gasteiger partial charge >= 0.3 is 0 Å². The number of thiophene rings is 1. The van der Waals surface area contributed by atoms with Gasteiger partial charge in [0.15, 0.2) is 0 Å². The van der Waals surface area contributed by atoms with E-state index in [2.05, 4.69) is 21.7 Å². The zero-order valence-corrected chi connectivity index (χ0v) is 12.7. The molecule has 2 bridgehead atoms. The standard InChI is InChI=1S/C16H23NO2S/c1-2-12(1)8-19-16-5-14-9-18-10-15(6-16)17(14)7-13-3-4-20-11-13/h3-4,11-12,14-16H,1-2,5-10H2/t14-,15-/m1/s1. The van der Waals surface area contributed by atoms with E-state index < -0.39 is 0 Å². The van der Waals surface area contributed by atoms with E-state index in [4.69, 9.17) is 9.47 Å². The Morgan fingerprint density at radius 2 is 2.05 bits per heavy atom. The molecule has 110 valence electrons. The Morgan fingerprint density at radius 3 is 2.70 bits per heavy atom. The summed E-state index contributed by atoms with van der Waals surface area (Å²) in [7, 11) is 0. The summed E-state index contributed by atoms with van der Waals surface area (Å²) in [4.78, 5) is 2.66. The Bertz CT molecular complexity index is 418. The van der Waals surface area contributed by atoms with E-state index in [1.165, 1.54) is 18.4 Å². The number of fused-ring (bicyclic) bond motifs is 2. The lowest BCUT2D eigenvalue weighted by molar-refractivity contribution is -0.123. The van der Waals surface area contributed by atoms with Crippen molar-refractivity contribution in [1.82, 2.24) is 4.90 Å². The fourth-order valence-electron chi connectivity index (χ4n) is 3.48. The van der Waals surface area contributed by atoms with Crippen LogP contribution in [0.3, 0.4) is 0 Å². The highest BCUT2D eigenvalue weighted by atomic mass is 32.1. The Morgan fingerprint density at radius 1 is 1.25 bits per heavy atom. The third-order valence-electron chi connectivity index (χ3n) is 4.84. The topological polar surface area (TPSA) is 21.7 Å². The summed E-state index contributed by atoms with van der Waals surface area (Å²) in [5, 5.41) is 4.44. The molecule has 1 aromatic heterocycles. The third kappa shape index (κ3) is 2.93. The zero-order chi connectivity index (χ0) is 13.4. The lowest BCUT2D eigenvalue weighted by Gasteiger charge is -2.48. The first kappa shape index (κ1) is 13.3. The van der Waals surface area contributed by atoms with Crippen molar-refractivity contribution < 1.29 is 9.47 Å². The molecule has 0 radical (unpaired) electrons. The van der Waals surface area contributed by atoms with Crippen molar-refractivity contribution >= 4 is 11.3 Å². The second-order valence-corrected chi connectivity index (χ2v) is 7.30. The maximum atomic E-state index is 6.15. The van der Waals surface area contributed by atoms with Crippen LogP contribution in [0.25, 0.3) is 0 Å². The molecule has 2 saturated heterocycles. The summed E-state index contributed by atoms with van der Waals surface area (Å²) in [6.45, 7) is 3.83. The second-order valence-electron chi connectivity index (χ2n) is 6.52. The smallest absolute Gasteiger partial charge is 0.0623 e. The molecule has 2 aliphatic heterocycles. The highest BCUT2D eigenvalue weighted by Gasteiger charge is 2.39. The van der Waals surface area contributed by atoms with Crippen LogP contribution in [0.15, 0.2) is 16.8 Å². The van der Waals surface area contributed by atoms with Gasteiger partial charge in [-0.25, -0.2) is 0 Å². The van der Waals surface area contributed by atoms with E-state index in [9.17, 15) is 0 Å². The van der Waals surface area contributed by atoms with Crippen LogP contribution in [0.1, 0.15) is 31.2 Å². The summed E-state index contributed by atoms with van der Waals surface area (Å²) in [6.07, 6.45) is 5.52. The molecule has 1 aromatic rings. The number of hydrogen-bond donors (Lipinski definition) is 0. The summed E-state index contributed by atoms with van der Waals surface area (Å²) in [6, 6.07) is 3.34. The zero-order valence-electron chi connectivity index (χ0n) is 11.9. The van der Waals surface area contributed by atoms with Crippen molar-refractivity contribution in [1.29, 1.82) is 0 Å². The Kier molecular flexibility index (Phi) is 3.82. The molecule has 0 amide bonds. The SMILES string of the molecule is c1cc(CN2[C@H]3COC[C@H]2CC(OCC2CC2)C3)cs1. The van der Waals surface area contributed by atoms with E-state index in [0.717, 1.165) is 45.1 Å². The number of rotatable bonds is 5. The minimum absolute atomic E-state index is 0.466. The molecule has 4 heteroatoms. The predicted octanol–water partition coefficient (Wildman–Crippen LogP) is 2.91. The normalized spacial score (nSPS) is 34.3. The van der Waals surface area contributed by atoms with Crippen LogP contribution in [0.4, 0.5) is 0 Å². The maximum absolute atomic E-state index is 6.15. The van der Waals surface area contributed by atoms with Gasteiger partial charge in [0.05, 0.1) is 19.3 Å². The summed E-state index contributed by atoms with van der Waals surface area (Å²) in [5.74, 6) is 0.870. The average Bonchev–Trinajstić information content (AvgIpc) is 3.13. The molecule has 3 heterocycles. The monoisotopic (exact) mass is 293 g/mol. The van der Waals surface area contributed by atoms with E-state index in [1.807, 2.05) is 0 Å². The molecule has 3 fully saturated rings. The first-order valence-electron chi connectivity index (χ1n) is 7.84. The molecule has 0 N–H and O–H groups in total. The molecule has 4 rings (SSSR count). The van der Waals surface area contributed by atoms with E-state index in [0.29, 0.717) is 18.2 Å². The van der Waals surface area contributed by atoms with Crippen LogP contribution >= 0.6 is 11.3 Å². The molecule has 2 atom stereocenters. The van der Waals surface area contributed by atoms with Gasteiger partial charge in [0.25, 0.3) is 0 Å². The second kappa shape index (κ2) is 5.76. The maximum Gasteiger partial charge on any atom is 0.0623 e. The predicted molar refractivity (Wildman–Crippen MR) is 80.0 cm³/mol. The van der Waals surface area contributed by atoms with E-state index in [-0.39, 0.29) is 0 Å². The molecule has 0 unspecified atom stereocenters. The number of ether oxygens (including phenoxy) is 2. The van der Waals surface area contributed by atoms with Crippen molar-refractivity contribution in [2.45, 2.75) is 50.4 Å². The Labute approximate surface area is 124 Å². The van der Waals surface area contributed by atoms with Crippen molar-refractivity contribution in [3.63, 3.8) is 0 Å². The molecular weight excluding hydrogens is 270 g/mol. The quantitative estimate of drug-likeness (QED) is 0.833. The van der Waals surface area contributed by atoms with Crippen LogP contribution in [0, 0.1) is 5.92 Å². The first-order chi connectivity index (χ1) is 9.88. The highest BCUT2D eigenvalue weighted by molar-refractivity contribution is 7.07. The molecular formula is C16H23NO2S. The highest BCUT2D eigenvalue weighted by Crippen LogP contribution is 2.34. The van der Waals surface area contributed by atoms with Crippen LogP contribution in [0.5, 0.6) is 0 Å². The minimum Gasteiger partial charge on any atom is -0.378 e. The molecule has 1 saturated carbocycles. The summed E-state index contributed by atoms with van der Waals surface area (Å²) in [5.41, 5.74) is 1.45. The fourth-order valence-corrected chi connectivity index (χ4v) is 4.14. The summed E-state index contributed by atoms with van der Waals surface area (Å²) >= 11 is 1.79. The number of morpholine rings is 1. The average molecular weight is 293 g/mol. The molecule has 3 nitrogen and oxygen atoms in total. The molecule has 1 aliphatic carbocycles. The minimum atomic E-state index is 0.466. The largest absolute Gasteiger partial charge is 0.378 e. The first-order valence-corrected chi connectivity index (χ1v) is 8.79. The number of hydrogen-bond acceptors (Lipinski definition) is 4. The van der Waals surface area contributed by atoms with Crippen LogP contribution in [0.2, 0.25) is 0 Å². The van der Waals surface area contributed by atoms with Gasteiger partial charge in [-0.2, -0.15) is 11.3 Å². The van der Waals surface area contributed by atoms with E-state index in [1.54, 1.807) is 11.3 Å². The van der Waals surface area contributed by atoms with Gasteiger partial charge in [0.2, 0.25) is 0 Å². The fraction of sp³-hybridized carbons (Fsp3) is 0.750. The van der Waals surface area contributed by atoms with Crippen molar-refractivity contribution in [2.24, 2.45) is 5.92 Å². The molecule has 20 heavy (non-hydrogen) atoms. The van der Waals surface area contributed by atoms with Gasteiger partial charge in [0, 0.05) is 25.2 Å². The van der Waals surface area contributed by atoms with Crippen LogP contribution in [-0.2, 0) is 16.0 Å². The van der Waals surface area contributed by atoms with Gasteiger partial charge in [0.1, 0.15) is 0 Å². The molecule has 0 aromatic carbocycles. The van der Waals surface area contributed by atoms with Gasteiger partial charge in [-0.3, -0.25) is 4.90 Å². The van der Waals surface area contributed by atoms with Crippen molar-refractivity contribution in [3.05, 3.63) is 22.4 Å². The summed E-state index contributed by atoms with van der Waals surface area (Å²) < 4.78 is 11.9. The van der Waals surface area contributed by atoms with Gasteiger partial charge in [-0.05, 0) is 54.0 Å². The van der Waals surface area contributed by atoms with Crippen molar-refractivity contribution in [3.8, 4) is 0 Å². The van der Waals surface area contributed by atoms with Crippen LogP contribution in [-0.4, -0.2) is 42.9 Å². The number of nitrogens with zero attached hydrogens (tertiary/aromatic N) is 1. The van der Waals surface area contributed by atoms with Crippen molar-refractivity contribution in [2.75, 3.05) is 19.8 Å². The van der Waals surface area contributed by atoms with E-state index >= 15 is 0 Å². The third-order valence-corrected chi connectivity index (χ3v) is 5.57. The molecule has 3 aliphatic rings. The van der Waals surface area contributed by atoms with Gasteiger partial charge in [-0.15, -0.1) is 0 Å². The lowest BCUT2D eigenvalue weighted by atomic mass is 9.91.